The van der Waals surface area contributed by atoms with Gasteiger partial charge in [0.1, 0.15) is 17.0 Å². The van der Waals surface area contributed by atoms with Gasteiger partial charge in [-0.15, -0.1) is 5.48 Å². The molecular formula is C28H34ClFN6O2. The summed E-state index contributed by atoms with van der Waals surface area (Å²) in [5, 5.41) is 3.23. The number of carbonyl (C=O) groups is 1. The Balaban J connectivity index is 1.51. The van der Waals surface area contributed by atoms with Gasteiger partial charge in [-0.1, -0.05) is 62.8 Å². The van der Waals surface area contributed by atoms with Gasteiger partial charge in [-0.05, 0) is 55.6 Å². The number of aromatic nitrogens is 4. The summed E-state index contributed by atoms with van der Waals surface area (Å²) in [4.78, 5) is 31.0. The second kappa shape index (κ2) is 10.8. The fraction of sp³-hybridized carbons (Fsp3) is 0.571. The molecule has 10 heteroatoms. The summed E-state index contributed by atoms with van der Waals surface area (Å²) >= 11 is 6.38. The van der Waals surface area contributed by atoms with E-state index in [2.05, 4.69) is 22.3 Å². The third-order valence-electron chi connectivity index (χ3n) is 8.42. The number of hydroxylamine groups is 1. The number of imidazole rings is 1. The number of benzene rings is 1. The maximum absolute atomic E-state index is 16.3. The minimum atomic E-state index is -1.17. The number of carbonyl (C=O) groups excluding carboxylic acids is 1. The Morgan fingerprint density at radius 2 is 1.89 bits per heavy atom. The number of rotatable bonds is 6. The molecule has 1 saturated heterocycles. The molecular weight excluding hydrogens is 507 g/mol. The Labute approximate surface area is 226 Å². The number of fused-ring (bicyclic) bond motifs is 1. The molecule has 6 rings (SSSR count). The topological polar surface area (TPSA) is 94.0 Å². The van der Waals surface area contributed by atoms with E-state index in [9.17, 15) is 4.79 Å². The second-order valence-corrected chi connectivity index (χ2v) is 11.6. The lowest BCUT2D eigenvalue weighted by molar-refractivity contribution is 0.120. The average Bonchev–Trinajstić information content (AvgIpc) is 3.53. The van der Waals surface area contributed by atoms with Crippen LogP contribution in [0.5, 0.6) is 0 Å². The molecule has 0 radical (unpaired) electrons. The highest BCUT2D eigenvalue weighted by Gasteiger charge is 2.34. The summed E-state index contributed by atoms with van der Waals surface area (Å²) in [6.07, 6.45) is 7.09. The Bertz CT molecular complexity index is 1320. The maximum Gasteiger partial charge on any atom is 0.427 e. The minimum Gasteiger partial charge on any atom is -0.351 e. The molecule has 2 atom stereocenters. The molecule has 1 amide bonds. The van der Waals surface area contributed by atoms with E-state index in [0.29, 0.717) is 46.0 Å². The zero-order valence-electron chi connectivity index (χ0n) is 21.6. The molecule has 2 aliphatic carbocycles. The van der Waals surface area contributed by atoms with E-state index in [1.165, 1.54) is 12.8 Å². The summed E-state index contributed by atoms with van der Waals surface area (Å²) in [5.41, 5.74) is 5.17. The summed E-state index contributed by atoms with van der Waals surface area (Å²) < 4.78 is 18.4. The first kappa shape index (κ1) is 25.5. The van der Waals surface area contributed by atoms with Crippen LogP contribution in [0.1, 0.15) is 88.7 Å². The zero-order chi connectivity index (χ0) is 26.2. The molecule has 2 aromatic heterocycles. The van der Waals surface area contributed by atoms with Gasteiger partial charge >= 0.3 is 6.09 Å². The Morgan fingerprint density at radius 1 is 1.11 bits per heavy atom. The highest BCUT2D eigenvalue weighted by molar-refractivity contribution is 6.30. The number of nitrogens with zero attached hydrogens (tertiary/aromatic N) is 4. The van der Waals surface area contributed by atoms with Gasteiger partial charge in [0.05, 0.1) is 0 Å². The lowest BCUT2D eigenvalue weighted by atomic mass is 9.82. The van der Waals surface area contributed by atoms with Gasteiger partial charge in [-0.2, -0.15) is 0 Å². The number of hydrogen-bond acceptors (Lipinski definition) is 6. The van der Waals surface area contributed by atoms with Crippen molar-refractivity contribution in [1.29, 1.82) is 0 Å². The molecule has 3 heterocycles. The molecule has 202 valence electrons. The monoisotopic (exact) mass is 540 g/mol. The number of alkyl halides is 1. The van der Waals surface area contributed by atoms with Crippen molar-refractivity contribution in [2.45, 2.75) is 83.6 Å². The van der Waals surface area contributed by atoms with Crippen LogP contribution in [0.2, 0.25) is 5.02 Å². The molecule has 0 spiro atoms. The van der Waals surface area contributed by atoms with E-state index in [0.717, 1.165) is 56.4 Å². The highest BCUT2D eigenvalue weighted by Crippen LogP contribution is 2.40. The van der Waals surface area contributed by atoms with Gasteiger partial charge in [0.25, 0.3) is 0 Å². The van der Waals surface area contributed by atoms with E-state index in [4.69, 9.17) is 31.4 Å². The van der Waals surface area contributed by atoms with Crippen LogP contribution in [0, 0.1) is 17.8 Å². The Kier molecular flexibility index (Phi) is 7.22. The lowest BCUT2D eigenvalue weighted by Gasteiger charge is -2.29. The molecule has 38 heavy (non-hydrogen) atoms. The summed E-state index contributed by atoms with van der Waals surface area (Å²) in [7, 11) is 0. The van der Waals surface area contributed by atoms with Crippen molar-refractivity contribution < 1.29 is 14.0 Å². The normalized spacial score (nSPS) is 25.3. The van der Waals surface area contributed by atoms with Crippen molar-refractivity contribution in [3.05, 3.63) is 40.9 Å². The largest absolute Gasteiger partial charge is 0.427 e. The van der Waals surface area contributed by atoms with Gasteiger partial charge in [-0.25, -0.2) is 24.1 Å². The Hall–Kier alpha value is -2.78. The molecule has 3 fully saturated rings. The van der Waals surface area contributed by atoms with E-state index < -0.39 is 18.4 Å². The van der Waals surface area contributed by atoms with Crippen molar-refractivity contribution in [2.75, 3.05) is 0 Å². The predicted molar refractivity (Wildman–Crippen MR) is 143 cm³/mol. The van der Waals surface area contributed by atoms with E-state index >= 15 is 4.39 Å². The summed E-state index contributed by atoms with van der Waals surface area (Å²) in [5.74, 6) is 1.87. The molecule has 2 saturated carbocycles. The fourth-order valence-electron chi connectivity index (χ4n) is 6.25. The van der Waals surface area contributed by atoms with Crippen LogP contribution in [0.3, 0.4) is 0 Å². The third-order valence-corrected chi connectivity index (χ3v) is 8.66. The zero-order valence-corrected chi connectivity index (χ0v) is 22.4. The van der Waals surface area contributed by atoms with Crippen LogP contribution >= 0.6 is 11.6 Å². The van der Waals surface area contributed by atoms with Gasteiger partial charge in [0.15, 0.2) is 23.8 Å². The van der Waals surface area contributed by atoms with E-state index in [1.807, 2.05) is 24.3 Å². The van der Waals surface area contributed by atoms with Crippen LogP contribution in [0.4, 0.5) is 9.18 Å². The SMILES string of the molecule is CC1CCC(Cn2c(C(F)C3CCCCC3)nc3nc(C4NOC(=O)N4)nc(-c4cccc(Cl)c4)c32)CC1. The van der Waals surface area contributed by atoms with Crippen LogP contribution in [-0.4, -0.2) is 25.6 Å². The first-order valence-electron chi connectivity index (χ1n) is 13.9. The fourth-order valence-corrected chi connectivity index (χ4v) is 6.44. The maximum atomic E-state index is 16.3. The summed E-state index contributed by atoms with van der Waals surface area (Å²) in [6, 6.07) is 7.46. The molecule has 1 aliphatic heterocycles. The quantitative estimate of drug-likeness (QED) is 0.357. The highest BCUT2D eigenvalue weighted by atomic mass is 35.5. The summed E-state index contributed by atoms with van der Waals surface area (Å²) in [6.45, 7) is 2.99. The first-order valence-corrected chi connectivity index (χ1v) is 14.2. The molecule has 2 N–H and O–H groups in total. The molecule has 3 aromatic rings. The second-order valence-electron chi connectivity index (χ2n) is 11.2. The van der Waals surface area contributed by atoms with Crippen LogP contribution in [-0.2, 0) is 11.4 Å². The minimum absolute atomic E-state index is 0.0445. The van der Waals surface area contributed by atoms with Gasteiger partial charge < -0.3 is 9.40 Å². The van der Waals surface area contributed by atoms with E-state index in [-0.39, 0.29) is 5.92 Å². The smallest absolute Gasteiger partial charge is 0.351 e. The first-order chi connectivity index (χ1) is 18.5. The molecule has 8 nitrogen and oxygen atoms in total. The van der Waals surface area contributed by atoms with Crippen molar-refractivity contribution in [1.82, 2.24) is 30.3 Å². The van der Waals surface area contributed by atoms with Crippen LogP contribution < -0.4 is 10.8 Å². The number of halogens is 2. The molecule has 1 aromatic carbocycles. The van der Waals surface area contributed by atoms with Crippen molar-refractivity contribution in [3.8, 4) is 11.3 Å². The van der Waals surface area contributed by atoms with Crippen LogP contribution in [0.15, 0.2) is 24.3 Å². The van der Waals surface area contributed by atoms with Crippen molar-refractivity contribution in [2.24, 2.45) is 17.8 Å². The molecule has 3 aliphatic rings. The van der Waals surface area contributed by atoms with Crippen LogP contribution in [0.25, 0.3) is 22.4 Å². The third kappa shape index (κ3) is 5.10. The van der Waals surface area contributed by atoms with Gasteiger partial charge in [-0.3, -0.25) is 5.32 Å². The van der Waals surface area contributed by atoms with Crippen molar-refractivity contribution >= 4 is 28.9 Å². The molecule has 0 bridgehead atoms. The van der Waals surface area contributed by atoms with Gasteiger partial charge in [0.2, 0.25) is 0 Å². The lowest BCUT2D eigenvalue weighted by Crippen LogP contribution is -2.25. The molecule has 2 unspecified atom stereocenters. The van der Waals surface area contributed by atoms with Crippen molar-refractivity contribution in [3.63, 3.8) is 0 Å². The van der Waals surface area contributed by atoms with Gasteiger partial charge in [0, 0.05) is 17.1 Å². The average molecular weight is 541 g/mol. The number of hydrogen-bond donors (Lipinski definition) is 2. The number of amides is 1. The predicted octanol–water partition coefficient (Wildman–Crippen LogP) is 6.81. The van der Waals surface area contributed by atoms with E-state index in [1.54, 1.807) is 0 Å². The number of nitrogens with one attached hydrogen (secondary N) is 2. The standard InChI is InChI=1S/C28H34ClFN6O2/c1-16-10-12-17(13-11-16)15-36-23-22(19-8-5-9-20(29)14-19)31-25(26-34-28(37)38-35-26)32-24(23)33-27(36)21(30)18-6-3-2-4-7-18/h5,8-9,14,16-18,21,26,35H,2-4,6-7,10-13,15H2,1H3,(H,34,37). The Morgan fingerprint density at radius 3 is 2.61 bits per heavy atom.